The Morgan fingerprint density at radius 1 is 1.72 bits per heavy atom. The van der Waals surface area contributed by atoms with Crippen LogP contribution >= 0.6 is 15.9 Å². The molecule has 0 aromatic carbocycles. The number of nitrogens with two attached hydrogens (primary N) is 1. The van der Waals surface area contributed by atoms with Gasteiger partial charge in [-0.3, -0.25) is 10.1 Å². The third kappa shape index (κ3) is 2.54. The van der Waals surface area contributed by atoms with Crippen LogP contribution in [0.15, 0.2) is 10.7 Å². The minimum atomic E-state index is -0.506. The summed E-state index contributed by atoms with van der Waals surface area (Å²) in [4.78, 5) is 16.5. The van der Waals surface area contributed by atoms with Crippen LogP contribution in [0.25, 0.3) is 0 Å². The fraction of sp³-hybridized carbons (Fsp3) is 0.500. The fourth-order valence-electron chi connectivity index (χ4n) is 2.07. The van der Waals surface area contributed by atoms with Crippen molar-refractivity contribution >= 4 is 33.1 Å². The molecule has 1 aliphatic heterocycles. The second kappa shape index (κ2) is 5.07. The maximum Gasteiger partial charge on any atom is 0.335 e. The van der Waals surface area contributed by atoms with Crippen LogP contribution in [0.3, 0.4) is 0 Å². The molecule has 0 amide bonds. The number of likely N-dealkylation sites (N-methyl/N-ethyl adjacent to an activating group) is 1. The van der Waals surface area contributed by atoms with E-state index in [2.05, 4.69) is 31.1 Å². The monoisotopic (exact) mass is 315 g/mol. The molecule has 1 saturated heterocycles. The van der Waals surface area contributed by atoms with Crippen molar-refractivity contribution in [2.75, 3.05) is 31.2 Å². The Morgan fingerprint density at radius 3 is 3.00 bits per heavy atom. The smallest absolute Gasteiger partial charge is 0.335 e. The van der Waals surface area contributed by atoms with Crippen molar-refractivity contribution in [3.8, 4) is 0 Å². The molecule has 1 aromatic rings. The second-order valence-corrected chi connectivity index (χ2v) is 5.22. The largest absolute Gasteiger partial charge is 0.378 e. The standard InChI is InChI=1S/C10H14BrN5O2/c1-15-3-2-6(5-15)14-8-7(11)4-13-10(12)9(8)16(17)18/h4,6H,2-3,5H2,1H3,(H3,12,13,14)/t6-/m0/s1. The first-order valence-electron chi connectivity index (χ1n) is 5.52. The molecule has 0 saturated carbocycles. The van der Waals surface area contributed by atoms with Gasteiger partial charge in [0.25, 0.3) is 0 Å². The lowest BCUT2D eigenvalue weighted by Crippen LogP contribution is -2.24. The molecular weight excluding hydrogens is 302 g/mol. The Kier molecular flexibility index (Phi) is 3.67. The third-order valence-electron chi connectivity index (χ3n) is 2.96. The molecule has 1 atom stereocenters. The van der Waals surface area contributed by atoms with Crippen LogP contribution in [0.4, 0.5) is 17.2 Å². The fourth-order valence-corrected chi connectivity index (χ4v) is 2.48. The molecular formula is C10H14BrN5O2. The molecule has 0 aliphatic carbocycles. The Bertz CT molecular complexity index is 482. The molecule has 8 heteroatoms. The van der Waals surface area contributed by atoms with Crippen molar-refractivity contribution in [1.82, 2.24) is 9.88 Å². The summed E-state index contributed by atoms with van der Waals surface area (Å²) in [7, 11) is 2.02. The summed E-state index contributed by atoms with van der Waals surface area (Å²) in [5, 5.41) is 14.2. The maximum atomic E-state index is 11.0. The van der Waals surface area contributed by atoms with Gasteiger partial charge in [0.1, 0.15) is 5.69 Å². The van der Waals surface area contributed by atoms with Gasteiger partial charge in [-0.1, -0.05) is 0 Å². The molecule has 0 bridgehead atoms. The number of aromatic nitrogens is 1. The number of halogens is 1. The number of anilines is 2. The number of likely N-dealkylation sites (tertiary alicyclic amines) is 1. The summed E-state index contributed by atoms with van der Waals surface area (Å²) < 4.78 is 0.554. The van der Waals surface area contributed by atoms with E-state index < -0.39 is 4.92 Å². The molecule has 18 heavy (non-hydrogen) atoms. The molecule has 98 valence electrons. The zero-order chi connectivity index (χ0) is 13.3. The van der Waals surface area contributed by atoms with Crippen molar-refractivity contribution in [2.45, 2.75) is 12.5 Å². The number of nitrogens with zero attached hydrogens (tertiary/aromatic N) is 3. The van der Waals surface area contributed by atoms with Crippen LogP contribution in [-0.2, 0) is 0 Å². The number of pyridine rings is 1. The number of rotatable bonds is 3. The van der Waals surface area contributed by atoms with E-state index in [1.54, 1.807) is 0 Å². The molecule has 0 unspecified atom stereocenters. The first-order chi connectivity index (χ1) is 8.49. The van der Waals surface area contributed by atoms with Crippen LogP contribution in [0.1, 0.15) is 6.42 Å². The zero-order valence-corrected chi connectivity index (χ0v) is 11.5. The van der Waals surface area contributed by atoms with Gasteiger partial charge in [-0.25, -0.2) is 4.98 Å². The number of hydrogen-bond acceptors (Lipinski definition) is 6. The quantitative estimate of drug-likeness (QED) is 0.647. The minimum Gasteiger partial charge on any atom is -0.378 e. The van der Waals surface area contributed by atoms with E-state index in [1.807, 2.05) is 7.05 Å². The Hall–Kier alpha value is -1.41. The maximum absolute atomic E-state index is 11.0. The van der Waals surface area contributed by atoms with E-state index in [4.69, 9.17) is 5.73 Å². The third-order valence-corrected chi connectivity index (χ3v) is 3.56. The van der Waals surface area contributed by atoms with Crippen LogP contribution in [0.2, 0.25) is 0 Å². The van der Waals surface area contributed by atoms with E-state index in [0.29, 0.717) is 10.2 Å². The number of nitrogens with one attached hydrogen (secondary N) is 1. The average Bonchev–Trinajstić information content (AvgIpc) is 2.69. The van der Waals surface area contributed by atoms with E-state index in [9.17, 15) is 10.1 Å². The SMILES string of the molecule is CN1CC[C@H](Nc2c(Br)cnc(N)c2[N+](=O)[O-])C1. The predicted molar refractivity (Wildman–Crippen MR) is 72.5 cm³/mol. The van der Waals surface area contributed by atoms with E-state index >= 15 is 0 Å². The number of nitro groups is 1. The molecule has 1 fully saturated rings. The summed E-state index contributed by atoms with van der Waals surface area (Å²) >= 11 is 3.27. The molecule has 7 nitrogen and oxygen atoms in total. The molecule has 3 N–H and O–H groups in total. The summed E-state index contributed by atoms with van der Waals surface area (Å²) in [5.74, 6) is -0.0722. The van der Waals surface area contributed by atoms with Crippen molar-refractivity contribution in [3.05, 3.63) is 20.8 Å². The molecule has 1 aliphatic rings. The van der Waals surface area contributed by atoms with Crippen LogP contribution in [0.5, 0.6) is 0 Å². The van der Waals surface area contributed by atoms with Crippen molar-refractivity contribution < 1.29 is 4.92 Å². The normalized spacial score (nSPS) is 20.0. The van der Waals surface area contributed by atoms with Gasteiger partial charge in [-0.15, -0.1) is 0 Å². The van der Waals surface area contributed by atoms with Crippen LogP contribution in [-0.4, -0.2) is 41.0 Å². The molecule has 1 aromatic heterocycles. The number of hydrogen-bond donors (Lipinski definition) is 2. The Morgan fingerprint density at radius 2 is 2.44 bits per heavy atom. The van der Waals surface area contributed by atoms with Gasteiger partial charge in [0, 0.05) is 18.8 Å². The Labute approximate surface area is 113 Å². The topological polar surface area (TPSA) is 97.3 Å². The zero-order valence-electron chi connectivity index (χ0n) is 9.89. The first-order valence-corrected chi connectivity index (χ1v) is 6.31. The average molecular weight is 316 g/mol. The molecule has 2 rings (SSSR count). The van der Waals surface area contributed by atoms with Crippen molar-refractivity contribution in [2.24, 2.45) is 0 Å². The van der Waals surface area contributed by atoms with Gasteiger partial charge in [0.05, 0.1) is 9.40 Å². The van der Waals surface area contributed by atoms with Crippen LogP contribution in [0, 0.1) is 10.1 Å². The highest BCUT2D eigenvalue weighted by atomic mass is 79.9. The van der Waals surface area contributed by atoms with Gasteiger partial charge in [0.2, 0.25) is 5.82 Å². The predicted octanol–water partition coefficient (Wildman–Crippen LogP) is 1.45. The van der Waals surface area contributed by atoms with E-state index in [0.717, 1.165) is 19.5 Å². The van der Waals surface area contributed by atoms with Gasteiger partial charge in [-0.05, 0) is 35.9 Å². The number of nitrogen functional groups attached to an aromatic ring is 1. The summed E-state index contributed by atoms with van der Waals surface area (Å²) in [6.07, 6.45) is 2.42. The molecule has 0 spiro atoms. The van der Waals surface area contributed by atoms with Crippen molar-refractivity contribution in [1.29, 1.82) is 0 Å². The first kappa shape index (κ1) is 13.0. The summed E-state index contributed by atoms with van der Waals surface area (Å²) in [6.45, 7) is 1.83. The highest BCUT2D eigenvalue weighted by Gasteiger charge is 2.27. The lowest BCUT2D eigenvalue weighted by atomic mass is 10.2. The highest BCUT2D eigenvalue weighted by Crippen LogP contribution is 2.36. The second-order valence-electron chi connectivity index (χ2n) is 4.36. The van der Waals surface area contributed by atoms with Gasteiger partial charge in [0.15, 0.2) is 0 Å². The van der Waals surface area contributed by atoms with Gasteiger partial charge in [-0.2, -0.15) is 0 Å². The van der Waals surface area contributed by atoms with Crippen LogP contribution < -0.4 is 11.1 Å². The lowest BCUT2D eigenvalue weighted by molar-refractivity contribution is -0.383. The van der Waals surface area contributed by atoms with E-state index in [1.165, 1.54) is 6.20 Å². The van der Waals surface area contributed by atoms with Gasteiger partial charge < -0.3 is 16.0 Å². The molecule has 2 heterocycles. The summed E-state index contributed by atoms with van der Waals surface area (Å²) in [5.41, 5.74) is 5.81. The lowest BCUT2D eigenvalue weighted by Gasteiger charge is -2.15. The highest BCUT2D eigenvalue weighted by molar-refractivity contribution is 9.10. The molecule has 0 radical (unpaired) electrons. The van der Waals surface area contributed by atoms with Crippen molar-refractivity contribution in [3.63, 3.8) is 0 Å². The van der Waals surface area contributed by atoms with Gasteiger partial charge >= 0.3 is 5.69 Å². The Balaban J connectivity index is 2.31. The van der Waals surface area contributed by atoms with E-state index in [-0.39, 0.29) is 17.5 Å². The minimum absolute atomic E-state index is 0.0722. The summed E-state index contributed by atoms with van der Waals surface area (Å²) in [6, 6.07) is 0.187.